The highest BCUT2D eigenvalue weighted by atomic mass is 32.1. The van der Waals surface area contributed by atoms with Crippen molar-refractivity contribution in [2.24, 2.45) is 0 Å². The zero-order chi connectivity index (χ0) is 15.1. The Morgan fingerprint density at radius 1 is 1.43 bits per heavy atom. The lowest BCUT2D eigenvalue weighted by atomic mass is 10.2. The van der Waals surface area contributed by atoms with E-state index in [0.717, 1.165) is 39.1 Å². The third kappa shape index (κ3) is 5.07. The van der Waals surface area contributed by atoms with Gasteiger partial charge in [0.2, 0.25) is 5.91 Å². The number of carbonyl (C=O) groups excluding carboxylic acids is 1. The SMILES string of the molecule is C[C@@H](C(=O)NCCc1cccs1)N1CCN(CCO)CC1. The standard InChI is InChI=1S/C15H25N3O2S/c1-13(18-8-6-17(7-9-18)10-11-19)15(20)16-5-4-14-3-2-12-21-14/h2-3,12-13,19H,4-11H2,1H3,(H,16,20)/t13-/m0/s1. The van der Waals surface area contributed by atoms with Crippen molar-refractivity contribution in [2.45, 2.75) is 19.4 Å². The highest BCUT2D eigenvalue weighted by molar-refractivity contribution is 7.09. The molecule has 1 aliphatic heterocycles. The summed E-state index contributed by atoms with van der Waals surface area (Å²) in [7, 11) is 0. The summed E-state index contributed by atoms with van der Waals surface area (Å²) in [6, 6.07) is 4.06. The number of hydrogen-bond acceptors (Lipinski definition) is 5. The van der Waals surface area contributed by atoms with Gasteiger partial charge in [0.15, 0.2) is 0 Å². The predicted molar refractivity (Wildman–Crippen MR) is 85.6 cm³/mol. The summed E-state index contributed by atoms with van der Waals surface area (Å²) in [6.45, 7) is 7.24. The second kappa shape index (κ2) is 8.48. The predicted octanol–water partition coefficient (Wildman–Crippen LogP) is 0.405. The zero-order valence-electron chi connectivity index (χ0n) is 12.6. The van der Waals surface area contributed by atoms with Gasteiger partial charge in [-0.05, 0) is 24.8 Å². The zero-order valence-corrected chi connectivity index (χ0v) is 13.4. The van der Waals surface area contributed by atoms with E-state index >= 15 is 0 Å². The van der Waals surface area contributed by atoms with Gasteiger partial charge in [-0.15, -0.1) is 11.3 Å². The molecule has 1 fully saturated rings. The van der Waals surface area contributed by atoms with Crippen LogP contribution < -0.4 is 5.32 Å². The number of nitrogens with one attached hydrogen (secondary N) is 1. The van der Waals surface area contributed by atoms with Gasteiger partial charge >= 0.3 is 0 Å². The van der Waals surface area contributed by atoms with Gasteiger partial charge in [-0.2, -0.15) is 0 Å². The van der Waals surface area contributed by atoms with Crippen molar-refractivity contribution < 1.29 is 9.90 Å². The van der Waals surface area contributed by atoms with Crippen molar-refractivity contribution in [1.82, 2.24) is 15.1 Å². The third-order valence-electron chi connectivity index (χ3n) is 4.00. The van der Waals surface area contributed by atoms with E-state index in [1.807, 2.05) is 13.0 Å². The topological polar surface area (TPSA) is 55.8 Å². The van der Waals surface area contributed by atoms with Gasteiger partial charge in [-0.3, -0.25) is 14.6 Å². The maximum absolute atomic E-state index is 12.2. The van der Waals surface area contributed by atoms with Crippen LogP contribution in [0.1, 0.15) is 11.8 Å². The number of aliphatic hydroxyl groups is 1. The first-order valence-electron chi connectivity index (χ1n) is 7.58. The summed E-state index contributed by atoms with van der Waals surface area (Å²) in [4.78, 5) is 17.9. The average molecular weight is 311 g/mol. The van der Waals surface area contributed by atoms with E-state index in [2.05, 4.69) is 26.6 Å². The van der Waals surface area contributed by atoms with Gasteiger partial charge in [0.25, 0.3) is 0 Å². The first kappa shape index (κ1) is 16.4. The van der Waals surface area contributed by atoms with E-state index in [1.165, 1.54) is 4.88 Å². The molecule has 6 heteroatoms. The van der Waals surface area contributed by atoms with E-state index in [-0.39, 0.29) is 18.6 Å². The fourth-order valence-electron chi connectivity index (χ4n) is 2.59. The first-order chi connectivity index (χ1) is 10.2. The van der Waals surface area contributed by atoms with Gasteiger partial charge in [0.1, 0.15) is 0 Å². The number of rotatable bonds is 7. The Morgan fingerprint density at radius 2 is 2.19 bits per heavy atom. The van der Waals surface area contributed by atoms with Gasteiger partial charge in [0, 0.05) is 44.1 Å². The Balaban J connectivity index is 1.67. The molecule has 0 radical (unpaired) electrons. The summed E-state index contributed by atoms with van der Waals surface area (Å²) in [5.41, 5.74) is 0. The van der Waals surface area contributed by atoms with Crippen LogP contribution in [0.4, 0.5) is 0 Å². The van der Waals surface area contributed by atoms with E-state index < -0.39 is 0 Å². The molecular weight excluding hydrogens is 286 g/mol. The third-order valence-corrected chi connectivity index (χ3v) is 4.94. The van der Waals surface area contributed by atoms with E-state index in [0.29, 0.717) is 6.54 Å². The highest BCUT2D eigenvalue weighted by Gasteiger charge is 2.24. The minimum atomic E-state index is -0.0791. The molecule has 1 amide bonds. The average Bonchev–Trinajstić information content (AvgIpc) is 3.01. The lowest BCUT2D eigenvalue weighted by Crippen LogP contribution is -2.54. The number of carbonyl (C=O) groups is 1. The van der Waals surface area contributed by atoms with E-state index in [4.69, 9.17) is 5.11 Å². The molecule has 0 spiro atoms. The molecule has 0 aromatic carbocycles. The molecule has 118 valence electrons. The summed E-state index contributed by atoms with van der Waals surface area (Å²) >= 11 is 1.73. The smallest absolute Gasteiger partial charge is 0.237 e. The number of amides is 1. The molecule has 1 aromatic heterocycles. The van der Waals surface area contributed by atoms with Crippen molar-refractivity contribution in [3.63, 3.8) is 0 Å². The Labute approximate surface area is 130 Å². The fraction of sp³-hybridized carbons (Fsp3) is 0.667. The lowest BCUT2D eigenvalue weighted by Gasteiger charge is -2.37. The maximum Gasteiger partial charge on any atom is 0.237 e. The molecule has 0 bridgehead atoms. The van der Waals surface area contributed by atoms with Crippen molar-refractivity contribution in [3.8, 4) is 0 Å². The Bertz CT molecular complexity index is 417. The summed E-state index contributed by atoms with van der Waals surface area (Å²) < 4.78 is 0. The Kier molecular flexibility index (Phi) is 6.63. The normalized spacial score (nSPS) is 18.6. The van der Waals surface area contributed by atoms with Crippen molar-refractivity contribution in [2.75, 3.05) is 45.9 Å². The monoisotopic (exact) mass is 311 g/mol. The van der Waals surface area contributed by atoms with Crippen LogP contribution in [0.25, 0.3) is 0 Å². The van der Waals surface area contributed by atoms with Crippen molar-refractivity contribution in [3.05, 3.63) is 22.4 Å². The van der Waals surface area contributed by atoms with Crippen LogP contribution in [-0.2, 0) is 11.2 Å². The van der Waals surface area contributed by atoms with Crippen LogP contribution in [-0.4, -0.2) is 72.7 Å². The van der Waals surface area contributed by atoms with Gasteiger partial charge < -0.3 is 10.4 Å². The maximum atomic E-state index is 12.2. The van der Waals surface area contributed by atoms with Crippen LogP contribution in [0, 0.1) is 0 Å². The largest absolute Gasteiger partial charge is 0.395 e. The van der Waals surface area contributed by atoms with Crippen LogP contribution in [0.5, 0.6) is 0 Å². The lowest BCUT2D eigenvalue weighted by molar-refractivity contribution is -0.126. The number of hydrogen-bond donors (Lipinski definition) is 2. The quantitative estimate of drug-likeness (QED) is 0.766. The molecule has 2 heterocycles. The van der Waals surface area contributed by atoms with E-state index in [9.17, 15) is 4.79 Å². The van der Waals surface area contributed by atoms with Crippen LogP contribution in [0.15, 0.2) is 17.5 Å². The molecule has 1 atom stereocenters. The summed E-state index contributed by atoms with van der Waals surface area (Å²) in [6.07, 6.45) is 0.903. The van der Waals surface area contributed by atoms with Crippen LogP contribution in [0.2, 0.25) is 0 Å². The Hall–Kier alpha value is -0.950. The fourth-order valence-corrected chi connectivity index (χ4v) is 3.30. The number of nitrogens with zero attached hydrogens (tertiary/aromatic N) is 2. The minimum absolute atomic E-state index is 0.0791. The molecule has 0 unspecified atom stereocenters. The molecule has 2 rings (SSSR count). The summed E-state index contributed by atoms with van der Waals surface area (Å²) in [5, 5.41) is 14.0. The van der Waals surface area contributed by atoms with Crippen molar-refractivity contribution >= 4 is 17.2 Å². The second-order valence-electron chi connectivity index (χ2n) is 5.40. The molecule has 1 aliphatic rings. The molecule has 1 aromatic rings. The molecule has 0 saturated carbocycles. The van der Waals surface area contributed by atoms with Gasteiger partial charge in [0.05, 0.1) is 12.6 Å². The number of piperazine rings is 1. The molecular formula is C15H25N3O2S. The van der Waals surface area contributed by atoms with E-state index in [1.54, 1.807) is 11.3 Å². The van der Waals surface area contributed by atoms with Crippen LogP contribution in [0.3, 0.4) is 0 Å². The minimum Gasteiger partial charge on any atom is -0.395 e. The molecule has 5 nitrogen and oxygen atoms in total. The molecule has 0 aliphatic carbocycles. The molecule has 2 N–H and O–H groups in total. The number of aliphatic hydroxyl groups excluding tert-OH is 1. The molecule has 21 heavy (non-hydrogen) atoms. The molecule has 1 saturated heterocycles. The highest BCUT2D eigenvalue weighted by Crippen LogP contribution is 2.09. The van der Waals surface area contributed by atoms with Gasteiger partial charge in [-0.1, -0.05) is 6.07 Å². The van der Waals surface area contributed by atoms with Gasteiger partial charge in [-0.25, -0.2) is 0 Å². The number of thiophene rings is 1. The van der Waals surface area contributed by atoms with Crippen LogP contribution >= 0.6 is 11.3 Å². The first-order valence-corrected chi connectivity index (χ1v) is 8.46. The second-order valence-corrected chi connectivity index (χ2v) is 6.43. The Morgan fingerprint density at radius 3 is 2.81 bits per heavy atom. The van der Waals surface area contributed by atoms with Crippen molar-refractivity contribution in [1.29, 1.82) is 0 Å². The number of β-amino-alcohol motifs (C(OH)–C–C–N with tert-alkyl or cyclic N) is 1. The summed E-state index contributed by atoms with van der Waals surface area (Å²) in [5.74, 6) is 0.113.